The molecule has 0 fully saturated rings. The summed E-state index contributed by atoms with van der Waals surface area (Å²) < 4.78 is 5.08. The van der Waals surface area contributed by atoms with Crippen LogP contribution in [-0.2, 0) is 4.79 Å². The SMILES string of the molecule is COc1cccc(NC(=O)CCCC(C)N)c1. The van der Waals surface area contributed by atoms with Crippen LogP contribution in [0.4, 0.5) is 5.69 Å². The van der Waals surface area contributed by atoms with Gasteiger partial charge in [0.15, 0.2) is 0 Å². The van der Waals surface area contributed by atoms with Gasteiger partial charge in [0.1, 0.15) is 5.75 Å². The fourth-order valence-corrected chi connectivity index (χ4v) is 1.51. The molecule has 0 radical (unpaired) electrons. The summed E-state index contributed by atoms with van der Waals surface area (Å²) in [6.07, 6.45) is 2.18. The summed E-state index contributed by atoms with van der Waals surface area (Å²) in [6.45, 7) is 1.94. The Kier molecular flexibility index (Phi) is 5.49. The molecule has 1 atom stereocenters. The molecule has 0 aliphatic heterocycles. The molecule has 0 spiro atoms. The Labute approximate surface area is 102 Å². The summed E-state index contributed by atoms with van der Waals surface area (Å²) in [5, 5.41) is 2.83. The van der Waals surface area contributed by atoms with Crippen LogP contribution in [-0.4, -0.2) is 19.1 Å². The number of anilines is 1. The van der Waals surface area contributed by atoms with Crippen molar-refractivity contribution < 1.29 is 9.53 Å². The zero-order chi connectivity index (χ0) is 12.7. The third kappa shape index (κ3) is 5.36. The number of benzene rings is 1. The van der Waals surface area contributed by atoms with Crippen molar-refractivity contribution in [2.24, 2.45) is 5.73 Å². The van der Waals surface area contributed by atoms with Crippen molar-refractivity contribution in [3.63, 3.8) is 0 Å². The maximum absolute atomic E-state index is 11.6. The minimum atomic E-state index is 0.0129. The van der Waals surface area contributed by atoms with E-state index in [1.165, 1.54) is 0 Å². The fourth-order valence-electron chi connectivity index (χ4n) is 1.51. The minimum absolute atomic E-state index is 0.0129. The number of nitrogens with two attached hydrogens (primary N) is 1. The van der Waals surface area contributed by atoms with E-state index >= 15 is 0 Å². The smallest absolute Gasteiger partial charge is 0.224 e. The minimum Gasteiger partial charge on any atom is -0.497 e. The van der Waals surface area contributed by atoms with Crippen molar-refractivity contribution in [3.8, 4) is 5.75 Å². The maximum Gasteiger partial charge on any atom is 0.224 e. The van der Waals surface area contributed by atoms with E-state index in [4.69, 9.17) is 10.5 Å². The molecule has 3 N–H and O–H groups in total. The molecule has 0 aromatic heterocycles. The van der Waals surface area contributed by atoms with Crippen molar-refractivity contribution in [2.75, 3.05) is 12.4 Å². The summed E-state index contributed by atoms with van der Waals surface area (Å²) in [5.41, 5.74) is 6.38. The van der Waals surface area contributed by atoms with E-state index in [1.807, 2.05) is 25.1 Å². The first-order valence-corrected chi connectivity index (χ1v) is 5.81. The van der Waals surface area contributed by atoms with Crippen molar-refractivity contribution in [3.05, 3.63) is 24.3 Å². The first-order valence-electron chi connectivity index (χ1n) is 5.81. The zero-order valence-electron chi connectivity index (χ0n) is 10.4. The Morgan fingerprint density at radius 3 is 2.94 bits per heavy atom. The summed E-state index contributed by atoms with van der Waals surface area (Å²) >= 11 is 0. The summed E-state index contributed by atoms with van der Waals surface area (Å²) in [6, 6.07) is 7.47. The Morgan fingerprint density at radius 1 is 1.53 bits per heavy atom. The lowest BCUT2D eigenvalue weighted by Crippen LogP contribution is -2.16. The second-order valence-corrected chi connectivity index (χ2v) is 4.15. The molecule has 0 aliphatic rings. The molecule has 0 saturated heterocycles. The third-order valence-electron chi connectivity index (χ3n) is 2.42. The zero-order valence-corrected chi connectivity index (χ0v) is 10.4. The van der Waals surface area contributed by atoms with Crippen molar-refractivity contribution in [1.29, 1.82) is 0 Å². The summed E-state index contributed by atoms with van der Waals surface area (Å²) in [4.78, 5) is 11.6. The molecule has 4 heteroatoms. The number of amides is 1. The van der Waals surface area contributed by atoms with Gasteiger partial charge in [-0.3, -0.25) is 4.79 Å². The van der Waals surface area contributed by atoms with E-state index in [0.717, 1.165) is 24.3 Å². The molecule has 1 unspecified atom stereocenters. The first-order chi connectivity index (χ1) is 8.11. The van der Waals surface area contributed by atoms with Gasteiger partial charge in [0.2, 0.25) is 5.91 Å². The molecule has 0 aliphatic carbocycles. The van der Waals surface area contributed by atoms with Crippen LogP contribution in [0, 0.1) is 0 Å². The topological polar surface area (TPSA) is 64.3 Å². The maximum atomic E-state index is 11.6. The van der Waals surface area contributed by atoms with Gasteiger partial charge in [0.05, 0.1) is 7.11 Å². The molecule has 1 aromatic rings. The standard InChI is InChI=1S/C13H20N2O2/c1-10(14)5-3-8-13(16)15-11-6-4-7-12(9-11)17-2/h4,6-7,9-10H,3,5,8,14H2,1-2H3,(H,15,16). The monoisotopic (exact) mass is 236 g/mol. The average Bonchev–Trinajstić information content (AvgIpc) is 2.28. The Bertz CT molecular complexity index is 364. The van der Waals surface area contributed by atoms with Crippen LogP contribution >= 0.6 is 0 Å². The predicted octanol–water partition coefficient (Wildman–Crippen LogP) is 2.15. The lowest BCUT2D eigenvalue weighted by molar-refractivity contribution is -0.116. The van der Waals surface area contributed by atoms with Crippen LogP contribution in [0.25, 0.3) is 0 Å². The van der Waals surface area contributed by atoms with E-state index in [9.17, 15) is 4.79 Å². The van der Waals surface area contributed by atoms with Crippen LogP contribution in [0.1, 0.15) is 26.2 Å². The lowest BCUT2D eigenvalue weighted by Gasteiger charge is -2.07. The van der Waals surface area contributed by atoms with Crippen LogP contribution in [0.5, 0.6) is 5.75 Å². The molecule has 4 nitrogen and oxygen atoms in total. The number of hydrogen-bond acceptors (Lipinski definition) is 3. The molecular formula is C13H20N2O2. The van der Waals surface area contributed by atoms with E-state index in [1.54, 1.807) is 13.2 Å². The van der Waals surface area contributed by atoms with Gasteiger partial charge >= 0.3 is 0 Å². The average molecular weight is 236 g/mol. The largest absolute Gasteiger partial charge is 0.497 e. The molecular weight excluding hydrogens is 216 g/mol. The van der Waals surface area contributed by atoms with Crippen LogP contribution < -0.4 is 15.8 Å². The quantitative estimate of drug-likeness (QED) is 0.795. The molecule has 1 amide bonds. The van der Waals surface area contributed by atoms with Gasteiger partial charge in [-0.05, 0) is 31.9 Å². The number of rotatable bonds is 6. The lowest BCUT2D eigenvalue weighted by atomic mass is 10.1. The van der Waals surface area contributed by atoms with Crippen LogP contribution in [0.15, 0.2) is 24.3 Å². The van der Waals surface area contributed by atoms with Crippen molar-refractivity contribution in [1.82, 2.24) is 0 Å². The van der Waals surface area contributed by atoms with E-state index < -0.39 is 0 Å². The number of methoxy groups -OCH3 is 1. The van der Waals surface area contributed by atoms with Gasteiger partial charge in [-0.25, -0.2) is 0 Å². The van der Waals surface area contributed by atoms with Crippen molar-refractivity contribution in [2.45, 2.75) is 32.2 Å². The van der Waals surface area contributed by atoms with Gasteiger partial charge in [0.25, 0.3) is 0 Å². The van der Waals surface area contributed by atoms with Gasteiger partial charge in [-0.2, -0.15) is 0 Å². The van der Waals surface area contributed by atoms with Gasteiger partial charge < -0.3 is 15.8 Å². The molecule has 1 aromatic carbocycles. The first kappa shape index (κ1) is 13.5. The second kappa shape index (κ2) is 6.91. The number of nitrogens with one attached hydrogen (secondary N) is 1. The molecule has 1 rings (SSSR count). The molecule has 0 heterocycles. The number of carbonyl (C=O) groups excluding carboxylic acids is 1. The van der Waals surface area contributed by atoms with Gasteiger partial charge in [-0.1, -0.05) is 6.07 Å². The number of hydrogen-bond donors (Lipinski definition) is 2. The highest BCUT2D eigenvalue weighted by Crippen LogP contribution is 2.17. The summed E-state index contributed by atoms with van der Waals surface area (Å²) in [7, 11) is 1.60. The molecule has 94 valence electrons. The van der Waals surface area contributed by atoms with Crippen LogP contribution in [0.3, 0.4) is 0 Å². The highest BCUT2D eigenvalue weighted by atomic mass is 16.5. The Hall–Kier alpha value is -1.55. The molecule has 0 saturated carbocycles. The van der Waals surface area contributed by atoms with Gasteiger partial charge in [-0.15, -0.1) is 0 Å². The molecule has 17 heavy (non-hydrogen) atoms. The number of carbonyl (C=O) groups is 1. The van der Waals surface area contributed by atoms with E-state index in [2.05, 4.69) is 5.32 Å². The molecule has 0 bridgehead atoms. The highest BCUT2D eigenvalue weighted by Gasteiger charge is 2.04. The normalized spacial score (nSPS) is 11.9. The van der Waals surface area contributed by atoms with E-state index in [0.29, 0.717) is 6.42 Å². The predicted molar refractivity (Wildman–Crippen MR) is 69.1 cm³/mol. The van der Waals surface area contributed by atoms with Crippen molar-refractivity contribution >= 4 is 11.6 Å². The summed E-state index contributed by atoms with van der Waals surface area (Å²) in [5.74, 6) is 0.747. The Morgan fingerprint density at radius 2 is 2.29 bits per heavy atom. The second-order valence-electron chi connectivity index (χ2n) is 4.15. The van der Waals surface area contributed by atoms with Gasteiger partial charge in [0, 0.05) is 24.2 Å². The Balaban J connectivity index is 2.39. The highest BCUT2D eigenvalue weighted by molar-refractivity contribution is 5.90. The third-order valence-corrected chi connectivity index (χ3v) is 2.42. The number of ether oxygens (including phenoxy) is 1. The van der Waals surface area contributed by atoms with Crippen LogP contribution in [0.2, 0.25) is 0 Å². The van der Waals surface area contributed by atoms with E-state index in [-0.39, 0.29) is 11.9 Å². The fraction of sp³-hybridized carbons (Fsp3) is 0.462.